The molecular weight excluding hydrogens is 456 g/mol. The molecule has 5 heteroatoms. The molecule has 4 nitrogen and oxygen atoms in total. The normalized spacial score (nSPS) is 19.6. The van der Waals surface area contributed by atoms with E-state index in [1.165, 1.54) is 0 Å². The second-order valence-electron chi connectivity index (χ2n) is 9.27. The first-order chi connectivity index (χ1) is 16.8. The Morgan fingerprint density at radius 1 is 0.914 bits per heavy atom. The topological polar surface area (TPSA) is 64.4 Å². The molecule has 2 N–H and O–H groups in total. The Bertz CT molecular complexity index is 1370. The van der Waals surface area contributed by atoms with E-state index in [9.17, 15) is 15.3 Å². The van der Waals surface area contributed by atoms with Gasteiger partial charge in [-0.15, -0.1) is 0 Å². The third-order valence-corrected chi connectivity index (χ3v) is 7.08. The van der Waals surface area contributed by atoms with Gasteiger partial charge in [-0.1, -0.05) is 71.3 Å². The number of carbonyl (C=O) groups is 1. The largest absolute Gasteiger partial charge is 0.507 e. The Morgan fingerprint density at radius 3 is 2.14 bits per heavy atom. The molecule has 0 radical (unpaired) electrons. The highest BCUT2D eigenvalue weighted by atomic mass is 35.5. The van der Waals surface area contributed by atoms with Crippen LogP contribution >= 0.6 is 11.6 Å². The molecule has 0 fully saturated rings. The molecule has 2 aliphatic rings. The van der Waals surface area contributed by atoms with Crippen LogP contribution < -0.4 is 4.90 Å². The number of Topliss-reactive ketones (excluding diaryl/α,β-unsaturated/α-hetero) is 1. The fraction of sp³-hybridized carbons (Fsp3) is 0.200. The van der Waals surface area contributed by atoms with Gasteiger partial charge in [0.25, 0.3) is 0 Å². The van der Waals surface area contributed by atoms with Crippen molar-refractivity contribution in [2.75, 3.05) is 4.90 Å². The van der Waals surface area contributed by atoms with Crippen molar-refractivity contribution in [1.29, 1.82) is 5.41 Å². The van der Waals surface area contributed by atoms with E-state index in [4.69, 9.17) is 11.6 Å². The molecule has 1 atom stereocenters. The number of ketones is 1. The average molecular weight is 483 g/mol. The molecule has 176 valence electrons. The SMILES string of the molecule is Cc1ccc(/C(O)=C2\C(=N)N(c3ccc(Cl)cc3)C3=C(C(=O)CCC3)C2c2ccc(C)cc2)cc1. The van der Waals surface area contributed by atoms with Gasteiger partial charge in [-0.25, -0.2) is 0 Å². The molecule has 0 amide bonds. The minimum Gasteiger partial charge on any atom is -0.507 e. The molecule has 1 unspecified atom stereocenters. The van der Waals surface area contributed by atoms with E-state index in [1.54, 1.807) is 12.1 Å². The average Bonchev–Trinajstić information content (AvgIpc) is 2.85. The van der Waals surface area contributed by atoms with Gasteiger partial charge in [-0.3, -0.25) is 15.1 Å². The summed E-state index contributed by atoms with van der Waals surface area (Å²) in [6, 6.07) is 22.9. The fourth-order valence-corrected chi connectivity index (χ4v) is 5.15. The number of nitrogens with zero attached hydrogens (tertiary/aromatic N) is 1. The van der Waals surface area contributed by atoms with Crippen LogP contribution in [0.5, 0.6) is 0 Å². The summed E-state index contributed by atoms with van der Waals surface area (Å²) >= 11 is 6.15. The number of halogens is 1. The predicted octanol–water partition coefficient (Wildman–Crippen LogP) is 7.51. The molecule has 35 heavy (non-hydrogen) atoms. The summed E-state index contributed by atoms with van der Waals surface area (Å²) in [5.74, 6) is -0.262. The van der Waals surface area contributed by atoms with E-state index in [2.05, 4.69) is 0 Å². The van der Waals surface area contributed by atoms with Crippen LogP contribution in [-0.2, 0) is 4.79 Å². The van der Waals surface area contributed by atoms with E-state index in [0.717, 1.165) is 34.5 Å². The first-order valence-corrected chi connectivity index (χ1v) is 12.2. The van der Waals surface area contributed by atoms with Crippen molar-refractivity contribution in [3.8, 4) is 0 Å². The minimum absolute atomic E-state index is 0.0180. The number of anilines is 1. The summed E-state index contributed by atoms with van der Waals surface area (Å²) < 4.78 is 0. The molecule has 0 saturated heterocycles. The Balaban J connectivity index is 1.81. The lowest BCUT2D eigenvalue weighted by Gasteiger charge is -2.41. The van der Waals surface area contributed by atoms with Gasteiger partial charge in [0.05, 0.1) is 0 Å². The van der Waals surface area contributed by atoms with Gasteiger partial charge in [0, 0.05) is 45.5 Å². The number of aryl methyl sites for hydroxylation is 2. The van der Waals surface area contributed by atoms with Gasteiger partial charge in [0.2, 0.25) is 0 Å². The Labute approximate surface area is 210 Å². The van der Waals surface area contributed by atoms with Gasteiger partial charge >= 0.3 is 0 Å². The molecule has 0 aromatic heterocycles. The highest BCUT2D eigenvalue weighted by molar-refractivity contribution is 6.30. The van der Waals surface area contributed by atoms with E-state index < -0.39 is 5.92 Å². The molecule has 0 saturated carbocycles. The van der Waals surface area contributed by atoms with Crippen molar-refractivity contribution in [2.24, 2.45) is 0 Å². The van der Waals surface area contributed by atoms with E-state index in [0.29, 0.717) is 34.6 Å². The number of benzene rings is 3. The van der Waals surface area contributed by atoms with Crippen LogP contribution in [0.15, 0.2) is 89.6 Å². The van der Waals surface area contributed by atoms with Crippen LogP contribution in [-0.4, -0.2) is 16.7 Å². The minimum atomic E-state index is -0.518. The highest BCUT2D eigenvalue weighted by Crippen LogP contribution is 2.48. The van der Waals surface area contributed by atoms with Gasteiger partial charge < -0.3 is 5.11 Å². The third-order valence-electron chi connectivity index (χ3n) is 6.83. The molecule has 3 aromatic rings. The first kappa shape index (κ1) is 23.1. The van der Waals surface area contributed by atoms with Crippen LogP contribution in [0.25, 0.3) is 5.76 Å². The number of hydrogen-bond acceptors (Lipinski definition) is 3. The van der Waals surface area contributed by atoms with Crippen LogP contribution in [0.1, 0.15) is 47.4 Å². The number of nitrogens with one attached hydrogen (secondary N) is 1. The molecule has 3 aromatic carbocycles. The van der Waals surface area contributed by atoms with Crippen LogP contribution in [0.3, 0.4) is 0 Å². The van der Waals surface area contributed by atoms with Crippen molar-refractivity contribution in [2.45, 2.75) is 39.0 Å². The summed E-state index contributed by atoms with van der Waals surface area (Å²) in [4.78, 5) is 15.3. The van der Waals surface area contributed by atoms with E-state index >= 15 is 0 Å². The van der Waals surface area contributed by atoms with E-state index in [1.807, 2.05) is 79.4 Å². The predicted molar refractivity (Wildman–Crippen MR) is 142 cm³/mol. The molecule has 0 spiro atoms. The number of aliphatic hydroxyl groups is 1. The summed E-state index contributed by atoms with van der Waals surface area (Å²) in [5.41, 5.74) is 6.39. The van der Waals surface area contributed by atoms with Crippen LogP contribution in [0.2, 0.25) is 5.02 Å². The Kier molecular flexibility index (Phi) is 6.08. The first-order valence-electron chi connectivity index (χ1n) is 11.8. The third kappa shape index (κ3) is 4.19. The Hall–Kier alpha value is -3.63. The van der Waals surface area contributed by atoms with Gasteiger partial charge in [0.1, 0.15) is 11.6 Å². The zero-order valence-corrected chi connectivity index (χ0v) is 20.6. The van der Waals surface area contributed by atoms with Crippen molar-refractivity contribution in [1.82, 2.24) is 0 Å². The standard InChI is InChI=1S/C30H27ClN2O2/c1-18-6-10-20(11-7-18)26-27-24(4-3-5-25(27)34)33(23-16-14-22(31)15-17-23)30(32)28(26)29(35)21-12-8-19(2)9-13-21/h6-17,26,32,35H,3-5H2,1-2H3/b29-28+,32-30?. The summed E-state index contributed by atoms with van der Waals surface area (Å²) in [7, 11) is 0. The number of aliphatic hydroxyl groups excluding tert-OH is 1. The maximum absolute atomic E-state index is 13.5. The monoisotopic (exact) mass is 482 g/mol. The molecule has 0 bridgehead atoms. The summed E-state index contributed by atoms with van der Waals surface area (Å²) in [5, 5.41) is 21.6. The van der Waals surface area contributed by atoms with E-state index in [-0.39, 0.29) is 17.4 Å². The van der Waals surface area contributed by atoms with Crippen molar-refractivity contribution >= 4 is 34.7 Å². The number of hydrogen-bond donors (Lipinski definition) is 2. The van der Waals surface area contributed by atoms with Gasteiger partial charge in [-0.2, -0.15) is 0 Å². The van der Waals surface area contributed by atoms with Crippen molar-refractivity contribution in [3.05, 3.63) is 117 Å². The number of amidine groups is 1. The highest BCUT2D eigenvalue weighted by Gasteiger charge is 2.43. The lowest BCUT2D eigenvalue weighted by molar-refractivity contribution is -0.116. The molecule has 1 heterocycles. The molecule has 5 rings (SSSR count). The van der Waals surface area contributed by atoms with Crippen molar-refractivity contribution < 1.29 is 9.90 Å². The second-order valence-corrected chi connectivity index (χ2v) is 9.71. The quantitative estimate of drug-likeness (QED) is 0.379. The zero-order chi connectivity index (χ0) is 24.7. The molecular formula is C30H27ClN2O2. The summed E-state index contributed by atoms with van der Waals surface area (Å²) in [6.07, 6.45) is 1.88. The maximum Gasteiger partial charge on any atom is 0.161 e. The maximum atomic E-state index is 13.5. The lowest BCUT2D eigenvalue weighted by atomic mass is 9.73. The van der Waals surface area contributed by atoms with Gasteiger partial charge in [-0.05, 0) is 56.5 Å². The number of allylic oxidation sites excluding steroid dienone is 2. The van der Waals surface area contributed by atoms with Crippen LogP contribution in [0.4, 0.5) is 5.69 Å². The summed E-state index contributed by atoms with van der Waals surface area (Å²) in [6.45, 7) is 4.01. The fourth-order valence-electron chi connectivity index (χ4n) is 5.03. The van der Waals surface area contributed by atoms with Gasteiger partial charge in [0.15, 0.2) is 5.78 Å². The number of carbonyl (C=O) groups excluding carboxylic acids is 1. The molecule has 1 aliphatic heterocycles. The smallest absolute Gasteiger partial charge is 0.161 e. The van der Waals surface area contributed by atoms with Crippen LogP contribution in [0, 0.1) is 19.3 Å². The number of rotatable bonds is 3. The van der Waals surface area contributed by atoms with Crippen molar-refractivity contribution in [3.63, 3.8) is 0 Å². The zero-order valence-electron chi connectivity index (χ0n) is 19.8. The lowest BCUT2D eigenvalue weighted by Crippen LogP contribution is -2.42. The second kappa shape index (κ2) is 9.20. The molecule has 1 aliphatic carbocycles. The Morgan fingerprint density at radius 2 is 1.51 bits per heavy atom.